The van der Waals surface area contributed by atoms with E-state index in [0.29, 0.717) is 5.41 Å². The summed E-state index contributed by atoms with van der Waals surface area (Å²) in [5, 5.41) is 0. The third-order valence-electron chi connectivity index (χ3n) is 4.07. The van der Waals surface area contributed by atoms with Crippen molar-refractivity contribution in [1.29, 1.82) is 0 Å². The minimum Gasteiger partial charge on any atom is -0.327 e. The van der Waals surface area contributed by atoms with E-state index in [9.17, 15) is 0 Å². The molecule has 0 spiro atoms. The van der Waals surface area contributed by atoms with Crippen LogP contribution in [0, 0.1) is 10.8 Å². The minimum atomic E-state index is 0.238. The predicted octanol–water partition coefficient (Wildman–Crippen LogP) is 2.48. The summed E-state index contributed by atoms with van der Waals surface area (Å²) in [5.41, 5.74) is 6.80. The molecule has 1 saturated heterocycles. The lowest BCUT2D eigenvalue weighted by Crippen LogP contribution is -2.47. The summed E-state index contributed by atoms with van der Waals surface area (Å²) in [7, 11) is 0. The highest BCUT2D eigenvalue weighted by Crippen LogP contribution is 2.31. The topological polar surface area (TPSA) is 29.3 Å². The molecule has 0 radical (unpaired) electrons. The lowest BCUT2D eigenvalue weighted by Gasteiger charge is -2.41. The first kappa shape index (κ1) is 13.0. The van der Waals surface area contributed by atoms with E-state index in [1.165, 1.54) is 25.9 Å². The molecule has 15 heavy (non-hydrogen) atoms. The second-order valence-electron chi connectivity index (χ2n) is 6.72. The van der Waals surface area contributed by atoms with Crippen LogP contribution in [0.5, 0.6) is 0 Å². The molecule has 2 nitrogen and oxygen atoms in total. The van der Waals surface area contributed by atoms with Crippen LogP contribution in [0.3, 0.4) is 0 Å². The lowest BCUT2D eigenvalue weighted by molar-refractivity contribution is 0.0869. The van der Waals surface area contributed by atoms with Gasteiger partial charge in [0.15, 0.2) is 0 Å². The molecule has 0 aliphatic carbocycles. The molecule has 1 aliphatic rings. The molecule has 0 amide bonds. The molecule has 0 saturated carbocycles. The first-order chi connectivity index (χ1) is 6.73. The number of piperidine rings is 1. The van der Waals surface area contributed by atoms with Gasteiger partial charge < -0.3 is 10.6 Å². The van der Waals surface area contributed by atoms with Crippen molar-refractivity contribution < 1.29 is 0 Å². The molecule has 0 aromatic carbocycles. The Hall–Kier alpha value is -0.0800. The van der Waals surface area contributed by atoms with E-state index in [0.717, 1.165) is 6.54 Å². The monoisotopic (exact) mass is 212 g/mol. The second-order valence-corrected chi connectivity index (χ2v) is 6.72. The molecule has 0 aromatic heterocycles. The highest BCUT2D eigenvalue weighted by Gasteiger charge is 2.30. The van der Waals surface area contributed by atoms with Gasteiger partial charge in [-0.3, -0.25) is 0 Å². The Kier molecular flexibility index (Phi) is 3.83. The normalized spacial score (nSPS) is 25.2. The zero-order chi connectivity index (χ0) is 11.7. The molecular formula is C13H28N2. The summed E-state index contributed by atoms with van der Waals surface area (Å²) < 4.78 is 0. The Labute approximate surface area is 95.2 Å². The number of nitrogens with zero attached hydrogens (tertiary/aromatic N) is 1. The van der Waals surface area contributed by atoms with Gasteiger partial charge in [0, 0.05) is 12.6 Å². The fourth-order valence-electron chi connectivity index (χ4n) is 2.04. The van der Waals surface area contributed by atoms with Crippen LogP contribution in [0.15, 0.2) is 0 Å². The average molecular weight is 212 g/mol. The third-order valence-corrected chi connectivity index (χ3v) is 4.07. The zero-order valence-electron chi connectivity index (χ0n) is 11.1. The second kappa shape index (κ2) is 4.42. The van der Waals surface area contributed by atoms with Gasteiger partial charge in [0.05, 0.1) is 0 Å². The first-order valence-corrected chi connectivity index (χ1v) is 6.21. The maximum absolute atomic E-state index is 6.01. The number of rotatable bonds is 3. The van der Waals surface area contributed by atoms with Crippen molar-refractivity contribution in [2.75, 3.05) is 19.6 Å². The van der Waals surface area contributed by atoms with E-state index < -0.39 is 0 Å². The van der Waals surface area contributed by atoms with E-state index in [1.807, 2.05) is 0 Å². The van der Waals surface area contributed by atoms with Crippen LogP contribution >= 0.6 is 0 Å². The zero-order valence-corrected chi connectivity index (χ0v) is 11.1. The summed E-state index contributed by atoms with van der Waals surface area (Å²) >= 11 is 0. The lowest BCUT2D eigenvalue weighted by atomic mass is 9.80. The van der Waals surface area contributed by atoms with Crippen molar-refractivity contribution in [2.24, 2.45) is 16.6 Å². The Morgan fingerprint density at radius 1 is 1.27 bits per heavy atom. The van der Waals surface area contributed by atoms with Gasteiger partial charge in [-0.1, -0.05) is 27.7 Å². The molecule has 90 valence electrons. The molecule has 1 heterocycles. The van der Waals surface area contributed by atoms with Gasteiger partial charge in [-0.2, -0.15) is 0 Å². The third kappa shape index (κ3) is 3.76. The van der Waals surface area contributed by atoms with Crippen molar-refractivity contribution in [3.8, 4) is 0 Å². The minimum absolute atomic E-state index is 0.238. The fraction of sp³-hybridized carbons (Fsp3) is 1.00. The van der Waals surface area contributed by atoms with Gasteiger partial charge in [0.25, 0.3) is 0 Å². The highest BCUT2D eigenvalue weighted by atomic mass is 15.1. The number of likely N-dealkylation sites (tertiary alicyclic amines) is 1. The smallest absolute Gasteiger partial charge is 0.00739 e. The van der Waals surface area contributed by atoms with Crippen molar-refractivity contribution in [2.45, 2.75) is 53.5 Å². The quantitative estimate of drug-likeness (QED) is 0.779. The summed E-state index contributed by atoms with van der Waals surface area (Å²) in [4.78, 5) is 2.58. The molecule has 0 bridgehead atoms. The average Bonchev–Trinajstić information content (AvgIpc) is 2.08. The van der Waals surface area contributed by atoms with E-state index in [4.69, 9.17) is 5.73 Å². The van der Waals surface area contributed by atoms with Crippen LogP contribution in [0.25, 0.3) is 0 Å². The van der Waals surface area contributed by atoms with E-state index in [1.54, 1.807) is 0 Å². The van der Waals surface area contributed by atoms with Gasteiger partial charge in [0.1, 0.15) is 0 Å². The van der Waals surface area contributed by atoms with Crippen LogP contribution in [0.1, 0.15) is 47.5 Å². The van der Waals surface area contributed by atoms with Gasteiger partial charge in [-0.25, -0.2) is 0 Å². The molecule has 1 aliphatic heterocycles. The molecular weight excluding hydrogens is 184 g/mol. The standard InChI is InChI=1S/C13H28N2/c1-11(14)13(4,5)10-15-8-6-12(2,3)7-9-15/h11H,6-10,14H2,1-5H3. The molecule has 1 fully saturated rings. The first-order valence-electron chi connectivity index (χ1n) is 6.21. The number of nitrogens with two attached hydrogens (primary N) is 1. The summed E-state index contributed by atoms with van der Waals surface area (Å²) in [6.07, 6.45) is 2.64. The maximum atomic E-state index is 6.01. The number of hydrogen-bond acceptors (Lipinski definition) is 2. The molecule has 1 unspecified atom stereocenters. The Bertz CT molecular complexity index is 197. The largest absolute Gasteiger partial charge is 0.327 e. The van der Waals surface area contributed by atoms with E-state index in [-0.39, 0.29) is 11.5 Å². The molecule has 1 atom stereocenters. The van der Waals surface area contributed by atoms with E-state index in [2.05, 4.69) is 39.5 Å². The van der Waals surface area contributed by atoms with Crippen LogP contribution in [-0.2, 0) is 0 Å². The fourth-order valence-corrected chi connectivity index (χ4v) is 2.04. The summed E-state index contributed by atoms with van der Waals surface area (Å²) in [6.45, 7) is 15.0. The van der Waals surface area contributed by atoms with Gasteiger partial charge in [-0.05, 0) is 43.7 Å². The van der Waals surface area contributed by atoms with Gasteiger partial charge >= 0.3 is 0 Å². The summed E-state index contributed by atoms with van der Waals surface area (Å²) in [6, 6.07) is 0.271. The molecule has 0 aromatic rings. The van der Waals surface area contributed by atoms with Crippen LogP contribution in [0.2, 0.25) is 0 Å². The number of hydrogen-bond donors (Lipinski definition) is 1. The molecule has 2 N–H and O–H groups in total. The van der Waals surface area contributed by atoms with E-state index >= 15 is 0 Å². The SMILES string of the molecule is CC(N)C(C)(C)CN1CCC(C)(C)CC1. The van der Waals surface area contributed by atoms with Crippen LogP contribution < -0.4 is 5.73 Å². The predicted molar refractivity (Wildman–Crippen MR) is 66.9 cm³/mol. The van der Waals surface area contributed by atoms with Gasteiger partial charge in [-0.15, -0.1) is 0 Å². The van der Waals surface area contributed by atoms with Gasteiger partial charge in [0.2, 0.25) is 0 Å². The van der Waals surface area contributed by atoms with Crippen LogP contribution in [-0.4, -0.2) is 30.6 Å². The van der Waals surface area contributed by atoms with Crippen LogP contribution in [0.4, 0.5) is 0 Å². The van der Waals surface area contributed by atoms with Crippen molar-refractivity contribution in [3.63, 3.8) is 0 Å². The summed E-state index contributed by atoms with van der Waals surface area (Å²) in [5.74, 6) is 0. The Balaban J connectivity index is 2.42. The van der Waals surface area contributed by atoms with Crippen molar-refractivity contribution in [1.82, 2.24) is 4.90 Å². The van der Waals surface area contributed by atoms with Crippen molar-refractivity contribution >= 4 is 0 Å². The molecule has 2 heteroatoms. The Morgan fingerprint density at radius 2 is 1.73 bits per heavy atom. The Morgan fingerprint density at radius 3 is 2.13 bits per heavy atom. The molecule has 1 rings (SSSR count). The highest BCUT2D eigenvalue weighted by molar-refractivity contribution is 4.85. The van der Waals surface area contributed by atoms with Crippen molar-refractivity contribution in [3.05, 3.63) is 0 Å². The maximum Gasteiger partial charge on any atom is 0.00739 e.